The minimum Gasteiger partial charge on any atom is -0.389 e. The molecular formula is C13H22N2O2. The molecule has 0 aliphatic heterocycles. The van der Waals surface area contributed by atoms with E-state index in [1.54, 1.807) is 7.11 Å². The first-order chi connectivity index (χ1) is 8.17. The molecule has 1 aromatic rings. The quantitative estimate of drug-likeness (QED) is 0.739. The van der Waals surface area contributed by atoms with Crippen LogP contribution in [0.15, 0.2) is 24.3 Å². The Hall–Kier alpha value is -1.10. The van der Waals surface area contributed by atoms with E-state index in [4.69, 9.17) is 4.74 Å². The molecular weight excluding hydrogens is 216 g/mol. The second kappa shape index (κ2) is 7.27. The van der Waals surface area contributed by atoms with Crippen molar-refractivity contribution in [3.63, 3.8) is 0 Å². The Bertz CT molecular complexity index is 314. The highest BCUT2D eigenvalue weighted by Gasteiger charge is 2.08. The summed E-state index contributed by atoms with van der Waals surface area (Å²) in [5.41, 5.74) is 2.35. The molecule has 2 N–H and O–H groups in total. The highest BCUT2D eigenvalue weighted by molar-refractivity contribution is 5.46. The number of aliphatic hydroxyl groups is 1. The number of hydrogen-bond donors (Lipinski definition) is 2. The van der Waals surface area contributed by atoms with E-state index in [-0.39, 0.29) is 0 Å². The lowest BCUT2D eigenvalue weighted by Crippen LogP contribution is -2.31. The van der Waals surface area contributed by atoms with E-state index in [9.17, 15) is 5.11 Å². The SMILES string of the molecule is CNCc1ccc(N(C)CC(O)COC)cc1. The number of rotatable bonds is 7. The largest absolute Gasteiger partial charge is 0.389 e. The third-order valence-corrected chi connectivity index (χ3v) is 2.60. The van der Waals surface area contributed by atoms with Crippen LogP contribution in [-0.2, 0) is 11.3 Å². The molecule has 0 saturated carbocycles. The molecule has 0 aromatic heterocycles. The van der Waals surface area contributed by atoms with Gasteiger partial charge in [0.1, 0.15) is 0 Å². The molecule has 1 atom stereocenters. The molecule has 1 unspecified atom stereocenters. The average Bonchev–Trinajstić information content (AvgIpc) is 2.30. The molecule has 4 heteroatoms. The Labute approximate surface area is 103 Å². The van der Waals surface area contributed by atoms with Gasteiger partial charge < -0.3 is 20.1 Å². The summed E-state index contributed by atoms with van der Waals surface area (Å²) in [6, 6.07) is 8.30. The number of nitrogens with one attached hydrogen (secondary N) is 1. The van der Waals surface area contributed by atoms with E-state index < -0.39 is 6.10 Å². The summed E-state index contributed by atoms with van der Waals surface area (Å²) in [6.45, 7) is 1.80. The Morgan fingerprint density at radius 1 is 1.35 bits per heavy atom. The summed E-state index contributed by atoms with van der Waals surface area (Å²) in [4.78, 5) is 2.02. The van der Waals surface area contributed by atoms with Crippen LogP contribution in [0.3, 0.4) is 0 Å². The van der Waals surface area contributed by atoms with Gasteiger partial charge in [-0.05, 0) is 24.7 Å². The maximum Gasteiger partial charge on any atom is 0.0947 e. The molecule has 1 rings (SSSR count). The van der Waals surface area contributed by atoms with Crippen molar-refractivity contribution in [2.45, 2.75) is 12.6 Å². The molecule has 17 heavy (non-hydrogen) atoms. The van der Waals surface area contributed by atoms with Crippen molar-refractivity contribution < 1.29 is 9.84 Å². The molecule has 1 aromatic carbocycles. The zero-order valence-electron chi connectivity index (χ0n) is 10.8. The summed E-state index contributed by atoms with van der Waals surface area (Å²) in [7, 11) is 5.49. The van der Waals surface area contributed by atoms with Crippen LogP contribution in [0.4, 0.5) is 5.69 Å². The molecule has 0 amide bonds. The normalized spacial score (nSPS) is 12.5. The lowest BCUT2D eigenvalue weighted by Gasteiger charge is -2.22. The first-order valence-corrected chi connectivity index (χ1v) is 5.79. The fraction of sp³-hybridized carbons (Fsp3) is 0.538. The highest BCUT2D eigenvalue weighted by Crippen LogP contribution is 2.14. The van der Waals surface area contributed by atoms with E-state index in [0.29, 0.717) is 13.2 Å². The topological polar surface area (TPSA) is 44.7 Å². The first kappa shape index (κ1) is 14.0. The average molecular weight is 238 g/mol. The van der Waals surface area contributed by atoms with E-state index in [1.807, 2.05) is 19.0 Å². The number of nitrogens with zero attached hydrogens (tertiary/aromatic N) is 1. The van der Waals surface area contributed by atoms with E-state index >= 15 is 0 Å². The number of hydrogen-bond acceptors (Lipinski definition) is 4. The smallest absolute Gasteiger partial charge is 0.0947 e. The van der Waals surface area contributed by atoms with Gasteiger partial charge in [-0.25, -0.2) is 0 Å². The van der Waals surface area contributed by atoms with Crippen molar-refractivity contribution >= 4 is 5.69 Å². The van der Waals surface area contributed by atoms with Gasteiger partial charge in [-0.1, -0.05) is 12.1 Å². The molecule has 0 aliphatic rings. The van der Waals surface area contributed by atoms with Gasteiger partial charge in [-0.3, -0.25) is 0 Å². The Morgan fingerprint density at radius 3 is 2.53 bits per heavy atom. The van der Waals surface area contributed by atoms with Crippen molar-refractivity contribution in [2.75, 3.05) is 39.3 Å². The van der Waals surface area contributed by atoms with E-state index in [1.165, 1.54) is 5.56 Å². The third-order valence-electron chi connectivity index (χ3n) is 2.60. The zero-order valence-corrected chi connectivity index (χ0v) is 10.8. The molecule has 0 bridgehead atoms. The first-order valence-electron chi connectivity index (χ1n) is 5.79. The summed E-state index contributed by atoms with van der Waals surface area (Å²) < 4.78 is 4.91. The van der Waals surface area contributed by atoms with Gasteiger partial charge in [0, 0.05) is 32.9 Å². The molecule has 96 valence electrons. The van der Waals surface area contributed by atoms with Gasteiger partial charge in [-0.15, -0.1) is 0 Å². The van der Waals surface area contributed by atoms with Crippen molar-refractivity contribution in [1.82, 2.24) is 5.32 Å². The Kier molecular flexibility index (Phi) is 5.97. The highest BCUT2D eigenvalue weighted by atomic mass is 16.5. The van der Waals surface area contributed by atoms with Crippen LogP contribution in [0.5, 0.6) is 0 Å². The Balaban J connectivity index is 2.53. The summed E-state index contributed by atoms with van der Waals surface area (Å²) >= 11 is 0. The number of anilines is 1. The van der Waals surface area contributed by atoms with Crippen molar-refractivity contribution in [1.29, 1.82) is 0 Å². The van der Waals surface area contributed by atoms with Crippen molar-refractivity contribution in [3.8, 4) is 0 Å². The van der Waals surface area contributed by atoms with Gasteiger partial charge in [-0.2, -0.15) is 0 Å². The second-order valence-corrected chi connectivity index (χ2v) is 4.19. The molecule has 0 saturated heterocycles. The zero-order chi connectivity index (χ0) is 12.7. The number of benzene rings is 1. The minimum absolute atomic E-state index is 0.363. The van der Waals surface area contributed by atoms with Gasteiger partial charge in [0.25, 0.3) is 0 Å². The van der Waals surface area contributed by atoms with Gasteiger partial charge in [0.2, 0.25) is 0 Å². The van der Waals surface area contributed by atoms with Crippen molar-refractivity contribution in [2.24, 2.45) is 0 Å². The number of likely N-dealkylation sites (N-methyl/N-ethyl adjacent to an activating group) is 1. The van der Waals surface area contributed by atoms with Crippen LogP contribution in [0, 0.1) is 0 Å². The molecule has 0 heterocycles. The fourth-order valence-electron chi connectivity index (χ4n) is 1.74. The van der Waals surface area contributed by atoms with Crippen LogP contribution >= 0.6 is 0 Å². The van der Waals surface area contributed by atoms with Gasteiger partial charge in [0.15, 0.2) is 0 Å². The van der Waals surface area contributed by atoms with Crippen LogP contribution in [0.2, 0.25) is 0 Å². The maximum atomic E-state index is 9.64. The number of ether oxygens (including phenoxy) is 1. The van der Waals surface area contributed by atoms with Gasteiger partial charge >= 0.3 is 0 Å². The monoisotopic (exact) mass is 238 g/mol. The molecule has 0 spiro atoms. The van der Waals surface area contributed by atoms with Crippen LogP contribution < -0.4 is 10.2 Å². The van der Waals surface area contributed by atoms with Gasteiger partial charge in [0.05, 0.1) is 12.7 Å². The fourth-order valence-corrected chi connectivity index (χ4v) is 1.74. The van der Waals surface area contributed by atoms with Crippen LogP contribution in [0.1, 0.15) is 5.56 Å². The summed E-state index contributed by atoms with van der Waals surface area (Å²) in [5, 5.41) is 12.8. The molecule has 0 fully saturated rings. The minimum atomic E-state index is -0.456. The predicted octanol–water partition coefficient (Wildman–Crippen LogP) is 0.849. The van der Waals surface area contributed by atoms with E-state index in [2.05, 4.69) is 29.6 Å². The number of aliphatic hydroxyl groups excluding tert-OH is 1. The summed E-state index contributed by atoms with van der Waals surface area (Å²) in [5.74, 6) is 0. The van der Waals surface area contributed by atoms with Crippen LogP contribution in [0.25, 0.3) is 0 Å². The van der Waals surface area contributed by atoms with E-state index in [0.717, 1.165) is 12.2 Å². The summed E-state index contributed by atoms with van der Waals surface area (Å²) in [6.07, 6.45) is -0.456. The van der Waals surface area contributed by atoms with Crippen LogP contribution in [-0.4, -0.2) is 45.6 Å². The number of methoxy groups -OCH3 is 1. The lowest BCUT2D eigenvalue weighted by atomic mass is 10.2. The maximum absolute atomic E-state index is 9.64. The standard InChI is InChI=1S/C13H22N2O2/c1-14-8-11-4-6-12(7-5-11)15(2)9-13(16)10-17-3/h4-7,13-14,16H,8-10H2,1-3H3. The molecule has 4 nitrogen and oxygen atoms in total. The Morgan fingerprint density at radius 2 is 2.00 bits per heavy atom. The third kappa shape index (κ3) is 4.73. The molecule has 0 radical (unpaired) electrons. The molecule has 0 aliphatic carbocycles. The lowest BCUT2D eigenvalue weighted by molar-refractivity contribution is 0.0695. The van der Waals surface area contributed by atoms with Crippen molar-refractivity contribution in [3.05, 3.63) is 29.8 Å². The predicted molar refractivity (Wildman–Crippen MR) is 70.4 cm³/mol. The second-order valence-electron chi connectivity index (χ2n) is 4.19.